The van der Waals surface area contributed by atoms with E-state index in [1.54, 1.807) is 0 Å². The van der Waals surface area contributed by atoms with Crippen LogP contribution in [0.1, 0.15) is 219 Å². The van der Waals surface area contributed by atoms with Gasteiger partial charge in [-0.3, -0.25) is 4.18 Å². The van der Waals surface area contributed by atoms with Crippen LogP contribution < -0.4 is 0 Å². The minimum absolute atomic E-state index is 0. The second kappa shape index (κ2) is 37.7. The molecule has 0 saturated carbocycles. The Labute approximate surface area is 300 Å². The maximum absolute atomic E-state index is 12.1. The quantitative estimate of drug-likeness (QED) is 0.0371. The minimum atomic E-state index is -3.32. The Morgan fingerprint density at radius 1 is 0.341 bits per heavy atom. The van der Waals surface area contributed by atoms with Crippen molar-refractivity contribution in [2.45, 2.75) is 219 Å². The first-order valence-electron chi connectivity index (χ1n) is 18.5. The van der Waals surface area contributed by atoms with Crippen molar-refractivity contribution in [2.24, 2.45) is 0 Å². The van der Waals surface area contributed by atoms with Gasteiger partial charge in [-0.2, -0.15) is 8.42 Å². The Hall–Kier alpha value is 1.48. The molecule has 246 valence electrons. The zero-order chi connectivity index (χ0) is 29.2. The van der Waals surface area contributed by atoms with Crippen LogP contribution in [0.4, 0.5) is 0 Å². The molecule has 41 heavy (non-hydrogen) atoms. The average molecular weight is 726 g/mol. The third kappa shape index (κ3) is 39.5. The average Bonchev–Trinajstić information content (AvgIpc) is 2.94. The molecule has 0 aromatic carbocycles. The molecule has 0 fully saturated rings. The van der Waals surface area contributed by atoms with Crippen LogP contribution in [0.3, 0.4) is 0 Å². The summed E-state index contributed by atoms with van der Waals surface area (Å²) >= 11 is 0. The molecule has 3 nitrogen and oxygen atoms in total. The van der Waals surface area contributed by atoms with Gasteiger partial charge in [0.15, 0.2) is 0 Å². The summed E-state index contributed by atoms with van der Waals surface area (Å²) in [6.07, 6.45) is 42.1. The zero-order valence-electron chi connectivity index (χ0n) is 27.7. The molecule has 0 aliphatic heterocycles. The van der Waals surface area contributed by atoms with Gasteiger partial charge in [0.1, 0.15) is 0 Å². The Morgan fingerprint density at radius 3 is 0.829 bits per heavy atom. The summed E-state index contributed by atoms with van der Waals surface area (Å²) in [5.41, 5.74) is 0. The maximum atomic E-state index is 12.1. The van der Waals surface area contributed by atoms with Gasteiger partial charge in [-0.05, 0) is 12.8 Å². The van der Waals surface area contributed by atoms with Crippen molar-refractivity contribution in [3.05, 3.63) is 0 Å². The summed E-state index contributed by atoms with van der Waals surface area (Å²) in [4.78, 5) is 0. The predicted molar refractivity (Wildman–Crippen MR) is 187 cm³/mol. The van der Waals surface area contributed by atoms with E-state index in [2.05, 4.69) is 13.8 Å². The first-order chi connectivity index (χ1) is 19.6. The normalized spacial score (nSPS) is 11.7. The standard InChI is InChI=1S/C36H74O3S.Ba.2H/c1-3-5-7-9-11-13-15-17-19-21-23-25-27-29-31-33-35-39-40(37,38)36-34-32-30-28-26-24-22-20-18-16-14-12-10-8-6-4-2;;;/h3-36H2,1-2H3;;;. The molecular formula is C36H76BaO3S. The fourth-order valence-corrected chi connectivity index (χ4v) is 6.77. The molecule has 0 spiro atoms. The van der Waals surface area contributed by atoms with Crippen LogP contribution in [0, 0.1) is 0 Å². The number of unbranched alkanes of at least 4 members (excludes halogenated alkanes) is 30. The molecule has 0 aromatic rings. The van der Waals surface area contributed by atoms with Gasteiger partial charge in [-0.15, -0.1) is 0 Å². The molecule has 5 heteroatoms. The van der Waals surface area contributed by atoms with Crippen LogP contribution in [-0.4, -0.2) is 69.7 Å². The van der Waals surface area contributed by atoms with E-state index in [-0.39, 0.29) is 54.6 Å². The van der Waals surface area contributed by atoms with E-state index in [1.165, 1.54) is 173 Å². The predicted octanol–water partition coefficient (Wildman–Crippen LogP) is 11.9. The van der Waals surface area contributed by atoms with E-state index in [9.17, 15) is 8.42 Å². The second-order valence-corrected chi connectivity index (χ2v) is 14.4. The fraction of sp³-hybridized carbons (Fsp3) is 1.00. The molecule has 0 N–H and O–H groups in total. The van der Waals surface area contributed by atoms with Crippen LogP contribution in [0.5, 0.6) is 0 Å². The van der Waals surface area contributed by atoms with Gasteiger partial charge < -0.3 is 0 Å². The van der Waals surface area contributed by atoms with Crippen molar-refractivity contribution in [1.29, 1.82) is 0 Å². The monoisotopic (exact) mass is 726 g/mol. The first-order valence-corrected chi connectivity index (χ1v) is 20.1. The van der Waals surface area contributed by atoms with Crippen LogP contribution >= 0.6 is 0 Å². The summed E-state index contributed by atoms with van der Waals surface area (Å²) in [5, 5.41) is 0. The SMILES string of the molecule is CCCCCCCCCCCCCCCCCCOS(=O)(=O)CCCCCCCCCCCCCCCCCC.[BaH2]. The van der Waals surface area contributed by atoms with E-state index >= 15 is 0 Å². The summed E-state index contributed by atoms with van der Waals surface area (Å²) < 4.78 is 29.5. The van der Waals surface area contributed by atoms with E-state index in [1.807, 2.05) is 0 Å². The molecule has 0 heterocycles. The van der Waals surface area contributed by atoms with Gasteiger partial charge in [-0.1, -0.05) is 206 Å². The summed E-state index contributed by atoms with van der Waals surface area (Å²) in [6.45, 7) is 4.94. The molecule has 0 unspecified atom stereocenters. The molecular weight excluding hydrogens is 650 g/mol. The summed E-state index contributed by atoms with van der Waals surface area (Å²) in [5.74, 6) is 0.199. The van der Waals surface area contributed by atoms with Crippen molar-refractivity contribution in [3.63, 3.8) is 0 Å². The topological polar surface area (TPSA) is 43.4 Å². The molecule has 0 amide bonds. The summed E-state index contributed by atoms with van der Waals surface area (Å²) in [6, 6.07) is 0. The molecule has 0 radical (unpaired) electrons. The number of hydrogen-bond donors (Lipinski definition) is 0. The molecule has 0 saturated heterocycles. The van der Waals surface area contributed by atoms with Gasteiger partial charge in [0, 0.05) is 0 Å². The number of hydrogen-bond acceptors (Lipinski definition) is 3. The Balaban J connectivity index is 0. The second-order valence-electron chi connectivity index (χ2n) is 12.7. The number of rotatable bonds is 35. The van der Waals surface area contributed by atoms with Gasteiger partial charge >= 0.3 is 48.9 Å². The molecule has 0 atom stereocenters. The van der Waals surface area contributed by atoms with Crippen LogP contribution in [0.25, 0.3) is 0 Å². The van der Waals surface area contributed by atoms with E-state index in [4.69, 9.17) is 4.18 Å². The Morgan fingerprint density at radius 2 is 0.561 bits per heavy atom. The van der Waals surface area contributed by atoms with Crippen LogP contribution in [-0.2, 0) is 14.3 Å². The van der Waals surface area contributed by atoms with E-state index < -0.39 is 10.1 Å². The van der Waals surface area contributed by atoms with Gasteiger partial charge in [0.05, 0.1) is 12.4 Å². The molecule has 0 aliphatic carbocycles. The third-order valence-electron chi connectivity index (χ3n) is 8.51. The first kappa shape index (κ1) is 44.6. The van der Waals surface area contributed by atoms with Gasteiger partial charge in [0.2, 0.25) is 0 Å². The van der Waals surface area contributed by atoms with Crippen molar-refractivity contribution < 1.29 is 12.6 Å². The molecule has 0 aromatic heterocycles. The van der Waals surface area contributed by atoms with Gasteiger partial charge in [-0.25, -0.2) is 0 Å². The molecule has 0 rings (SSSR count). The van der Waals surface area contributed by atoms with Crippen molar-refractivity contribution >= 4 is 59.0 Å². The third-order valence-corrected chi connectivity index (χ3v) is 9.82. The molecule has 0 aliphatic rings. The van der Waals surface area contributed by atoms with Crippen molar-refractivity contribution in [2.75, 3.05) is 12.4 Å². The Bertz CT molecular complexity index is 567. The molecule has 0 bridgehead atoms. The Kier molecular flexibility index (Phi) is 41.0. The zero-order valence-corrected chi connectivity index (χ0v) is 28.5. The van der Waals surface area contributed by atoms with Gasteiger partial charge in [0.25, 0.3) is 10.1 Å². The van der Waals surface area contributed by atoms with E-state index in [0.717, 1.165) is 32.1 Å². The van der Waals surface area contributed by atoms with Crippen LogP contribution in [0.2, 0.25) is 0 Å². The summed E-state index contributed by atoms with van der Waals surface area (Å²) in [7, 11) is -3.32. The van der Waals surface area contributed by atoms with Crippen LogP contribution in [0.15, 0.2) is 0 Å². The fourth-order valence-electron chi connectivity index (χ4n) is 5.72. The van der Waals surface area contributed by atoms with Crippen molar-refractivity contribution in [3.8, 4) is 0 Å². The van der Waals surface area contributed by atoms with E-state index in [0.29, 0.717) is 6.61 Å². The van der Waals surface area contributed by atoms with Crippen molar-refractivity contribution in [1.82, 2.24) is 0 Å².